The second kappa shape index (κ2) is 6.39. The first-order valence-corrected chi connectivity index (χ1v) is 6.64. The smallest absolute Gasteiger partial charge is 0.133 e. The van der Waals surface area contributed by atoms with Crippen molar-refractivity contribution in [3.63, 3.8) is 0 Å². The van der Waals surface area contributed by atoms with Gasteiger partial charge in [-0.25, -0.2) is 4.98 Å². The van der Waals surface area contributed by atoms with Crippen LogP contribution in [0.25, 0.3) is 0 Å². The minimum Gasteiger partial charge on any atom is -0.497 e. The Labute approximate surface area is 120 Å². The van der Waals surface area contributed by atoms with E-state index in [1.165, 1.54) is 5.56 Å². The van der Waals surface area contributed by atoms with Crippen molar-refractivity contribution in [2.75, 3.05) is 19.1 Å². The molecule has 0 radical (unpaired) electrons. The highest BCUT2D eigenvalue weighted by Gasteiger charge is 2.09. The molecule has 4 nitrogen and oxygen atoms in total. The molecule has 0 saturated heterocycles. The second-order valence-corrected chi connectivity index (χ2v) is 4.84. The van der Waals surface area contributed by atoms with Crippen molar-refractivity contribution in [1.82, 2.24) is 4.98 Å². The molecular weight excluding hydrogens is 250 g/mol. The van der Waals surface area contributed by atoms with E-state index in [9.17, 15) is 0 Å². The Bertz CT molecular complexity index is 566. The zero-order valence-electron chi connectivity index (χ0n) is 12.3. The summed E-state index contributed by atoms with van der Waals surface area (Å²) >= 11 is 0. The van der Waals surface area contributed by atoms with Crippen LogP contribution in [0, 0.1) is 6.92 Å². The molecule has 2 N–H and O–H groups in total. The lowest BCUT2D eigenvalue weighted by Gasteiger charge is -2.21. The molecule has 0 bridgehead atoms. The fourth-order valence-electron chi connectivity index (χ4n) is 2.14. The number of hydrogen-bond donors (Lipinski definition) is 1. The molecular formula is C16H21N3O. The van der Waals surface area contributed by atoms with E-state index in [1.807, 2.05) is 38.2 Å². The number of pyridine rings is 1. The summed E-state index contributed by atoms with van der Waals surface area (Å²) in [5, 5.41) is 0. The summed E-state index contributed by atoms with van der Waals surface area (Å²) in [6.45, 7) is 3.27. The van der Waals surface area contributed by atoms with Gasteiger partial charge in [-0.1, -0.05) is 18.2 Å². The highest BCUT2D eigenvalue weighted by Crippen LogP contribution is 2.20. The van der Waals surface area contributed by atoms with Gasteiger partial charge in [-0.15, -0.1) is 0 Å². The zero-order valence-corrected chi connectivity index (χ0v) is 12.3. The van der Waals surface area contributed by atoms with Gasteiger partial charge in [0.15, 0.2) is 0 Å². The Morgan fingerprint density at radius 3 is 2.45 bits per heavy atom. The molecule has 20 heavy (non-hydrogen) atoms. The molecule has 0 fully saturated rings. The van der Waals surface area contributed by atoms with Crippen molar-refractivity contribution in [1.29, 1.82) is 0 Å². The van der Waals surface area contributed by atoms with Crippen molar-refractivity contribution in [3.8, 4) is 5.75 Å². The van der Waals surface area contributed by atoms with E-state index in [4.69, 9.17) is 10.5 Å². The first kappa shape index (κ1) is 14.3. The SMILES string of the molecule is COc1ccc(CN(C)c2nc(C)ccc2CN)cc1. The van der Waals surface area contributed by atoms with Crippen LogP contribution in [0.3, 0.4) is 0 Å². The fourth-order valence-corrected chi connectivity index (χ4v) is 2.14. The highest BCUT2D eigenvalue weighted by molar-refractivity contribution is 5.47. The van der Waals surface area contributed by atoms with Gasteiger partial charge >= 0.3 is 0 Å². The minimum atomic E-state index is 0.496. The number of methoxy groups -OCH3 is 1. The Balaban J connectivity index is 2.18. The molecule has 1 heterocycles. The van der Waals surface area contributed by atoms with Gasteiger partial charge in [-0.3, -0.25) is 0 Å². The third kappa shape index (κ3) is 3.27. The van der Waals surface area contributed by atoms with E-state index < -0.39 is 0 Å². The van der Waals surface area contributed by atoms with E-state index in [2.05, 4.69) is 22.0 Å². The molecule has 0 amide bonds. The van der Waals surface area contributed by atoms with E-state index >= 15 is 0 Å². The third-order valence-electron chi connectivity index (χ3n) is 3.26. The molecule has 0 spiro atoms. The maximum Gasteiger partial charge on any atom is 0.133 e. The molecule has 106 valence electrons. The number of anilines is 1. The normalized spacial score (nSPS) is 10.4. The molecule has 0 aliphatic carbocycles. The first-order chi connectivity index (χ1) is 9.63. The number of nitrogens with zero attached hydrogens (tertiary/aromatic N) is 2. The van der Waals surface area contributed by atoms with Crippen molar-refractivity contribution >= 4 is 5.82 Å². The summed E-state index contributed by atoms with van der Waals surface area (Å²) in [4.78, 5) is 6.72. The fraction of sp³-hybridized carbons (Fsp3) is 0.312. The van der Waals surface area contributed by atoms with E-state index in [-0.39, 0.29) is 0 Å². The standard InChI is InChI=1S/C16H21N3O/c1-12-4-7-14(10-17)16(18-12)19(2)11-13-5-8-15(20-3)9-6-13/h4-9H,10-11,17H2,1-3H3. The Morgan fingerprint density at radius 1 is 1.15 bits per heavy atom. The molecule has 0 atom stereocenters. The van der Waals surface area contributed by atoms with Gasteiger partial charge in [-0.05, 0) is 30.7 Å². The molecule has 1 aromatic heterocycles. The molecule has 0 saturated carbocycles. The van der Waals surface area contributed by atoms with Gasteiger partial charge in [0.1, 0.15) is 11.6 Å². The summed E-state index contributed by atoms with van der Waals surface area (Å²) in [6.07, 6.45) is 0. The van der Waals surface area contributed by atoms with E-state index in [0.717, 1.165) is 29.4 Å². The number of benzene rings is 1. The van der Waals surface area contributed by atoms with E-state index in [1.54, 1.807) is 7.11 Å². The maximum atomic E-state index is 5.79. The average molecular weight is 271 g/mol. The Kier molecular flexibility index (Phi) is 4.58. The summed E-state index contributed by atoms with van der Waals surface area (Å²) in [7, 11) is 3.70. The quantitative estimate of drug-likeness (QED) is 0.907. The third-order valence-corrected chi connectivity index (χ3v) is 3.26. The lowest BCUT2D eigenvalue weighted by Crippen LogP contribution is -2.20. The first-order valence-electron chi connectivity index (χ1n) is 6.64. The van der Waals surface area contributed by atoms with Crippen LogP contribution >= 0.6 is 0 Å². The highest BCUT2D eigenvalue weighted by atomic mass is 16.5. The van der Waals surface area contributed by atoms with Crippen molar-refractivity contribution in [2.24, 2.45) is 5.73 Å². The maximum absolute atomic E-state index is 5.79. The summed E-state index contributed by atoms with van der Waals surface area (Å²) < 4.78 is 5.17. The van der Waals surface area contributed by atoms with Gasteiger partial charge in [0.25, 0.3) is 0 Å². The number of rotatable bonds is 5. The van der Waals surface area contributed by atoms with Crippen LogP contribution in [0.2, 0.25) is 0 Å². The van der Waals surface area contributed by atoms with Crippen molar-refractivity contribution in [2.45, 2.75) is 20.0 Å². The van der Waals surface area contributed by atoms with Crippen molar-refractivity contribution < 1.29 is 4.74 Å². The Hall–Kier alpha value is -2.07. The van der Waals surface area contributed by atoms with Gasteiger partial charge in [-0.2, -0.15) is 0 Å². The van der Waals surface area contributed by atoms with Crippen LogP contribution in [0.15, 0.2) is 36.4 Å². The number of aromatic nitrogens is 1. The molecule has 4 heteroatoms. The van der Waals surface area contributed by atoms with Gasteiger partial charge in [0.05, 0.1) is 7.11 Å². The zero-order chi connectivity index (χ0) is 14.5. The summed E-state index contributed by atoms with van der Waals surface area (Å²) in [5.74, 6) is 1.82. The number of nitrogens with two attached hydrogens (primary N) is 1. The molecule has 1 aromatic carbocycles. The van der Waals surface area contributed by atoms with Crippen LogP contribution in [0.1, 0.15) is 16.8 Å². The largest absolute Gasteiger partial charge is 0.497 e. The number of aryl methyl sites for hydroxylation is 1. The average Bonchev–Trinajstić information content (AvgIpc) is 2.48. The molecule has 2 aromatic rings. The minimum absolute atomic E-state index is 0.496. The second-order valence-electron chi connectivity index (χ2n) is 4.84. The topological polar surface area (TPSA) is 51.4 Å². The van der Waals surface area contributed by atoms with Crippen LogP contribution in [0.5, 0.6) is 5.75 Å². The van der Waals surface area contributed by atoms with Gasteiger partial charge < -0.3 is 15.4 Å². The van der Waals surface area contributed by atoms with E-state index in [0.29, 0.717) is 6.54 Å². The lowest BCUT2D eigenvalue weighted by molar-refractivity contribution is 0.414. The number of hydrogen-bond acceptors (Lipinski definition) is 4. The molecule has 0 aliphatic rings. The predicted molar refractivity (Wildman–Crippen MR) is 82.0 cm³/mol. The van der Waals surface area contributed by atoms with Crippen LogP contribution in [0.4, 0.5) is 5.82 Å². The molecule has 0 aliphatic heterocycles. The van der Waals surface area contributed by atoms with Crippen LogP contribution < -0.4 is 15.4 Å². The number of ether oxygens (including phenoxy) is 1. The Morgan fingerprint density at radius 2 is 1.85 bits per heavy atom. The summed E-state index contributed by atoms with van der Waals surface area (Å²) in [5.41, 5.74) is 9.06. The van der Waals surface area contributed by atoms with Crippen LogP contribution in [-0.4, -0.2) is 19.1 Å². The summed E-state index contributed by atoms with van der Waals surface area (Å²) in [6, 6.07) is 12.1. The van der Waals surface area contributed by atoms with Gasteiger partial charge in [0.2, 0.25) is 0 Å². The van der Waals surface area contributed by atoms with Crippen molar-refractivity contribution in [3.05, 3.63) is 53.2 Å². The van der Waals surface area contributed by atoms with Gasteiger partial charge in [0, 0.05) is 31.4 Å². The molecule has 0 unspecified atom stereocenters. The lowest BCUT2D eigenvalue weighted by atomic mass is 10.2. The monoisotopic (exact) mass is 271 g/mol. The predicted octanol–water partition coefficient (Wildman–Crippen LogP) is 2.49. The molecule has 2 rings (SSSR count). The van der Waals surface area contributed by atoms with Crippen LogP contribution in [-0.2, 0) is 13.1 Å².